The molecule has 0 atom stereocenters. The Morgan fingerprint density at radius 1 is 1.53 bits per heavy atom. The quantitative estimate of drug-likeness (QED) is 0.744. The number of anilines is 1. The molecule has 0 aromatic carbocycles. The number of likely N-dealkylation sites (N-methyl/N-ethyl adjacent to an activating group) is 1. The molecule has 1 heterocycles. The Morgan fingerprint density at radius 2 is 2.27 bits per heavy atom. The number of nitriles is 1. The van der Waals surface area contributed by atoms with Crippen LogP contribution in [0.3, 0.4) is 0 Å². The number of nitrogens with zero attached hydrogens (tertiary/aromatic N) is 3. The molecule has 15 heavy (non-hydrogen) atoms. The highest BCUT2D eigenvalue weighted by atomic mass is 16.5. The molecule has 1 rings (SSSR count). The Bertz CT molecular complexity index is 371. The molecule has 0 aliphatic carbocycles. The molecule has 0 saturated carbocycles. The van der Waals surface area contributed by atoms with E-state index in [9.17, 15) is 0 Å². The van der Waals surface area contributed by atoms with Crippen LogP contribution in [0.25, 0.3) is 0 Å². The van der Waals surface area contributed by atoms with Gasteiger partial charge in [0.05, 0.1) is 18.2 Å². The standard InChI is InChI=1S/C11H15N3O/c1-9-6-10(8-12)7-11(13-9)14(2)4-5-15-3/h6-7H,4-5H2,1-3H3. The van der Waals surface area contributed by atoms with Gasteiger partial charge in [0, 0.05) is 26.4 Å². The van der Waals surface area contributed by atoms with Crippen molar-refractivity contribution in [1.29, 1.82) is 5.26 Å². The second-order valence-electron chi connectivity index (χ2n) is 3.38. The fourth-order valence-electron chi connectivity index (χ4n) is 1.25. The number of rotatable bonds is 4. The van der Waals surface area contributed by atoms with Gasteiger partial charge in [-0.15, -0.1) is 0 Å². The summed E-state index contributed by atoms with van der Waals surface area (Å²) in [7, 11) is 3.60. The molecule has 0 saturated heterocycles. The molecular weight excluding hydrogens is 190 g/mol. The highest BCUT2D eigenvalue weighted by Crippen LogP contribution is 2.12. The van der Waals surface area contributed by atoms with Crippen molar-refractivity contribution in [3.8, 4) is 6.07 Å². The van der Waals surface area contributed by atoms with Crippen LogP contribution in [0.5, 0.6) is 0 Å². The summed E-state index contributed by atoms with van der Waals surface area (Å²) < 4.78 is 4.99. The van der Waals surface area contributed by atoms with Gasteiger partial charge in [0.15, 0.2) is 0 Å². The predicted octanol–water partition coefficient (Wildman–Crippen LogP) is 1.34. The van der Waals surface area contributed by atoms with E-state index in [4.69, 9.17) is 10.00 Å². The topological polar surface area (TPSA) is 49.1 Å². The summed E-state index contributed by atoms with van der Waals surface area (Å²) in [5.74, 6) is 0.809. The Morgan fingerprint density at radius 3 is 2.87 bits per heavy atom. The van der Waals surface area contributed by atoms with Gasteiger partial charge in [-0.25, -0.2) is 4.98 Å². The minimum atomic E-state index is 0.641. The van der Waals surface area contributed by atoms with E-state index in [1.165, 1.54) is 0 Å². The Hall–Kier alpha value is -1.60. The molecule has 4 nitrogen and oxygen atoms in total. The van der Waals surface area contributed by atoms with Crippen LogP contribution in [0.15, 0.2) is 12.1 Å². The SMILES string of the molecule is COCCN(C)c1cc(C#N)cc(C)n1. The molecule has 0 radical (unpaired) electrons. The summed E-state index contributed by atoms with van der Waals surface area (Å²) in [6.07, 6.45) is 0. The molecule has 0 amide bonds. The van der Waals surface area contributed by atoms with E-state index in [0.29, 0.717) is 12.2 Å². The average molecular weight is 205 g/mol. The van der Waals surface area contributed by atoms with E-state index in [0.717, 1.165) is 18.1 Å². The second-order valence-corrected chi connectivity index (χ2v) is 3.38. The van der Waals surface area contributed by atoms with Crippen molar-refractivity contribution >= 4 is 5.82 Å². The highest BCUT2D eigenvalue weighted by Gasteiger charge is 2.04. The van der Waals surface area contributed by atoms with Gasteiger partial charge >= 0.3 is 0 Å². The minimum absolute atomic E-state index is 0.641. The molecule has 0 spiro atoms. The highest BCUT2D eigenvalue weighted by molar-refractivity contribution is 5.45. The fraction of sp³-hybridized carbons (Fsp3) is 0.455. The Labute approximate surface area is 90.1 Å². The third-order valence-electron chi connectivity index (χ3n) is 2.09. The van der Waals surface area contributed by atoms with Crippen LogP contribution in [0.1, 0.15) is 11.3 Å². The number of hydrogen-bond donors (Lipinski definition) is 0. The first-order chi connectivity index (χ1) is 7.17. The molecule has 0 N–H and O–H groups in total. The van der Waals surface area contributed by atoms with Gasteiger partial charge in [0.2, 0.25) is 0 Å². The van der Waals surface area contributed by atoms with Gasteiger partial charge in [0.1, 0.15) is 5.82 Å². The van der Waals surface area contributed by atoms with Crippen molar-refractivity contribution in [3.05, 3.63) is 23.4 Å². The van der Waals surface area contributed by atoms with Crippen LogP contribution in [-0.2, 0) is 4.74 Å². The van der Waals surface area contributed by atoms with Crippen LogP contribution in [0.4, 0.5) is 5.82 Å². The van der Waals surface area contributed by atoms with Crippen LogP contribution < -0.4 is 4.90 Å². The van der Waals surface area contributed by atoms with Crippen molar-refractivity contribution < 1.29 is 4.74 Å². The summed E-state index contributed by atoms with van der Waals surface area (Å²) in [4.78, 5) is 6.32. The zero-order valence-corrected chi connectivity index (χ0v) is 9.32. The van der Waals surface area contributed by atoms with E-state index in [2.05, 4.69) is 11.1 Å². The van der Waals surface area contributed by atoms with E-state index < -0.39 is 0 Å². The van der Waals surface area contributed by atoms with E-state index >= 15 is 0 Å². The van der Waals surface area contributed by atoms with Gasteiger partial charge in [-0.1, -0.05) is 0 Å². The van der Waals surface area contributed by atoms with Crippen molar-refractivity contribution in [2.75, 3.05) is 32.2 Å². The largest absolute Gasteiger partial charge is 0.383 e. The minimum Gasteiger partial charge on any atom is -0.383 e. The lowest BCUT2D eigenvalue weighted by atomic mass is 10.2. The molecule has 4 heteroatoms. The average Bonchev–Trinajstić information content (AvgIpc) is 2.24. The number of methoxy groups -OCH3 is 1. The van der Waals surface area contributed by atoms with Gasteiger partial charge in [-0.2, -0.15) is 5.26 Å². The molecule has 80 valence electrons. The molecule has 0 aliphatic rings. The number of aryl methyl sites for hydroxylation is 1. The zero-order valence-electron chi connectivity index (χ0n) is 9.32. The second kappa shape index (κ2) is 5.32. The zero-order chi connectivity index (χ0) is 11.3. The fourth-order valence-corrected chi connectivity index (χ4v) is 1.25. The molecule has 0 bridgehead atoms. The van der Waals surface area contributed by atoms with Gasteiger partial charge < -0.3 is 9.64 Å². The first-order valence-corrected chi connectivity index (χ1v) is 4.76. The van der Waals surface area contributed by atoms with E-state index in [-0.39, 0.29) is 0 Å². The summed E-state index contributed by atoms with van der Waals surface area (Å²) >= 11 is 0. The predicted molar refractivity (Wildman–Crippen MR) is 58.8 cm³/mol. The van der Waals surface area contributed by atoms with Gasteiger partial charge in [-0.05, 0) is 19.1 Å². The molecule has 0 fully saturated rings. The first kappa shape index (κ1) is 11.5. The number of pyridine rings is 1. The Balaban J connectivity index is 2.84. The third kappa shape index (κ3) is 3.22. The Kier molecular flexibility index (Phi) is 4.07. The smallest absolute Gasteiger partial charge is 0.129 e. The molecule has 1 aromatic heterocycles. The van der Waals surface area contributed by atoms with Crippen molar-refractivity contribution in [1.82, 2.24) is 4.98 Å². The van der Waals surface area contributed by atoms with Gasteiger partial charge in [-0.3, -0.25) is 0 Å². The van der Waals surface area contributed by atoms with Crippen LogP contribution in [-0.4, -0.2) is 32.3 Å². The van der Waals surface area contributed by atoms with Crippen molar-refractivity contribution in [2.24, 2.45) is 0 Å². The van der Waals surface area contributed by atoms with Crippen molar-refractivity contribution in [3.63, 3.8) is 0 Å². The summed E-state index contributed by atoms with van der Waals surface area (Å²) in [6.45, 7) is 3.29. The molecular formula is C11H15N3O. The van der Waals surface area contributed by atoms with E-state index in [1.807, 2.05) is 18.9 Å². The number of aromatic nitrogens is 1. The normalized spacial score (nSPS) is 9.73. The molecule has 0 unspecified atom stereocenters. The number of ether oxygens (including phenoxy) is 1. The van der Waals surface area contributed by atoms with E-state index in [1.54, 1.807) is 19.2 Å². The molecule has 0 aliphatic heterocycles. The number of hydrogen-bond acceptors (Lipinski definition) is 4. The lowest BCUT2D eigenvalue weighted by molar-refractivity contribution is 0.206. The summed E-state index contributed by atoms with van der Waals surface area (Å²) in [6, 6.07) is 5.67. The van der Waals surface area contributed by atoms with Gasteiger partial charge in [0.25, 0.3) is 0 Å². The maximum absolute atomic E-state index is 8.82. The van der Waals surface area contributed by atoms with Crippen LogP contribution in [0, 0.1) is 18.3 Å². The van der Waals surface area contributed by atoms with Crippen molar-refractivity contribution in [2.45, 2.75) is 6.92 Å². The van der Waals surface area contributed by atoms with Crippen LogP contribution >= 0.6 is 0 Å². The summed E-state index contributed by atoms with van der Waals surface area (Å²) in [5.41, 5.74) is 1.50. The first-order valence-electron chi connectivity index (χ1n) is 4.76. The monoisotopic (exact) mass is 205 g/mol. The maximum Gasteiger partial charge on any atom is 0.129 e. The molecule has 1 aromatic rings. The van der Waals surface area contributed by atoms with Crippen LogP contribution in [0.2, 0.25) is 0 Å². The maximum atomic E-state index is 8.82. The lowest BCUT2D eigenvalue weighted by Crippen LogP contribution is -2.23. The lowest BCUT2D eigenvalue weighted by Gasteiger charge is -2.18. The summed E-state index contributed by atoms with van der Waals surface area (Å²) in [5, 5.41) is 8.82. The third-order valence-corrected chi connectivity index (χ3v) is 2.09.